The third-order valence-electron chi connectivity index (χ3n) is 4.91. The van der Waals surface area contributed by atoms with E-state index in [4.69, 9.17) is 5.73 Å². The molecule has 0 radical (unpaired) electrons. The lowest BCUT2D eigenvalue weighted by Gasteiger charge is -2.52. The van der Waals surface area contributed by atoms with E-state index in [9.17, 15) is 0 Å². The smallest absolute Gasteiger partial charge is 0.0450 e. The summed E-state index contributed by atoms with van der Waals surface area (Å²) in [6.07, 6.45) is 8.28. The first-order valence-corrected chi connectivity index (χ1v) is 8.38. The zero-order valence-corrected chi connectivity index (χ0v) is 12.3. The topological polar surface area (TPSA) is 29.3 Å². The fraction of sp³-hybridized carbons (Fsp3) is 1.00. The van der Waals surface area contributed by atoms with Crippen molar-refractivity contribution < 1.29 is 0 Å². The van der Waals surface area contributed by atoms with Crippen molar-refractivity contribution in [2.24, 2.45) is 5.73 Å². The molecule has 17 heavy (non-hydrogen) atoms. The van der Waals surface area contributed by atoms with Gasteiger partial charge in [0.1, 0.15) is 0 Å². The molecule has 1 aliphatic heterocycles. The molecule has 1 saturated heterocycles. The highest BCUT2D eigenvalue weighted by atomic mass is 32.2. The number of thioether (sulfide) groups is 1. The minimum atomic E-state index is 0.284. The van der Waals surface area contributed by atoms with E-state index in [2.05, 4.69) is 30.5 Å². The predicted octanol–water partition coefficient (Wildman–Crippen LogP) is 2.86. The number of nitrogens with zero attached hydrogens (tertiary/aromatic N) is 1. The lowest BCUT2D eigenvalue weighted by molar-refractivity contribution is 0.0453. The highest BCUT2D eigenvalue weighted by Gasteiger charge is 2.44. The van der Waals surface area contributed by atoms with Crippen LogP contribution < -0.4 is 5.73 Å². The highest BCUT2D eigenvalue weighted by Crippen LogP contribution is 2.41. The van der Waals surface area contributed by atoms with Gasteiger partial charge >= 0.3 is 0 Å². The molecule has 0 aromatic rings. The predicted molar refractivity (Wildman–Crippen MR) is 77.6 cm³/mol. The van der Waals surface area contributed by atoms with E-state index in [0.29, 0.717) is 5.25 Å². The molecule has 0 aromatic heterocycles. The van der Waals surface area contributed by atoms with Crippen LogP contribution in [-0.2, 0) is 0 Å². The first-order chi connectivity index (χ1) is 8.24. The summed E-state index contributed by atoms with van der Waals surface area (Å²) >= 11 is 2.13. The maximum absolute atomic E-state index is 6.22. The van der Waals surface area contributed by atoms with E-state index in [0.717, 1.165) is 12.6 Å². The largest absolute Gasteiger partial charge is 0.329 e. The van der Waals surface area contributed by atoms with Gasteiger partial charge in [0.25, 0.3) is 0 Å². The molecule has 1 heterocycles. The quantitative estimate of drug-likeness (QED) is 0.838. The standard InChI is InChI=1S/C14H28N2S/c1-3-16(13-7-4-5-8-13)14(11-15)9-6-10-17-12(14)2/h12-13H,3-11,15H2,1-2H3. The second kappa shape index (κ2) is 5.94. The van der Waals surface area contributed by atoms with Crippen LogP contribution in [0.1, 0.15) is 52.4 Å². The van der Waals surface area contributed by atoms with Crippen molar-refractivity contribution in [2.75, 3.05) is 18.8 Å². The zero-order valence-electron chi connectivity index (χ0n) is 11.5. The van der Waals surface area contributed by atoms with Gasteiger partial charge in [-0.15, -0.1) is 0 Å². The lowest BCUT2D eigenvalue weighted by Crippen LogP contribution is -2.63. The Balaban J connectivity index is 2.17. The van der Waals surface area contributed by atoms with Crippen molar-refractivity contribution in [3.8, 4) is 0 Å². The number of likely N-dealkylation sites (N-methyl/N-ethyl adjacent to an activating group) is 1. The third kappa shape index (κ3) is 2.52. The average Bonchev–Trinajstić information content (AvgIpc) is 2.86. The number of hydrogen-bond donors (Lipinski definition) is 1. The van der Waals surface area contributed by atoms with Crippen molar-refractivity contribution in [1.29, 1.82) is 0 Å². The van der Waals surface area contributed by atoms with Crippen LogP contribution in [0.3, 0.4) is 0 Å². The normalized spacial score (nSPS) is 35.6. The first kappa shape index (κ1) is 13.7. The molecule has 2 nitrogen and oxygen atoms in total. The molecule has 0 bridgehead atoms. The van der Waals surface area contributed by atoms with Gasteiger partial charge < -0.3 is 5.73 Å². The summed E-state index contributed by atoms with van der Waals surface area (Å²) < 4.78 is 0. The molecule has 2 unspecified atom stereocenters. The van der Waals surface area contributed by atoms with Gasteiger partial charge in [0.05, 0.1) is 0 Å². The Hall–Kier alpha value is 0.270. The molecule has 0 spiro atoms. The first-order valence-electron chi connectivity index (χ1n) is 7.33. The summed E-state index contributed by atoms with van der Waals surface area (Å²) in [5.41, 5.74) is 6.50. The highest BCUT2D eigenvalue weighted by molar-refractivity contribution is 8.00. The van der Waals surface area contributed by atoms with Gasteiger partial charge in [0.15, 0.2) is 0 Å². The molecule has 2 N–H and O–H groups in total. The molecule has 2 fully saturated rings. The fourth-order valence-corrected chi connectivity index (χ4v) is 5.24. The average molecular weight is 256 g/mol. The van der Waals surface area contributed by atoms with Crippen molar-refractivity contribution in [3.05, 3.63) is 0 Å². The van der Waals surface area contributed by atoms with Crippen molar-refractivity contribution in [2.45, 2.75) is 69.2 Å². The van der Waals surface area contributed by atoms with Gasteiger partial charge in [-0.25, -0.2) is 0 Å². The summed E-state index contributed by atoms with van der Waals surface area (Å²) in [5.74, 6) is 1.32. The summed E-state index contributed by atoms with van der Waals surface area (Å²) in [5, 5.41) is 0.696. The monoisotopic (exact) mass is 256 g/mol. The Kier molecular flexibility index (Phi) is 4.79. The molecule has 3 heteroatoms. The van der Waals surface area contributed by atoms with Gasteiger partial charge in [0, 0.05) is 23.4 Å². The summed E-state index contributed by atoms with van der Waals surface area (Å²) in [4.78, 5) is 2.77. The Bertz CT molecular complexity index is 240. The molecule has 2 rings (SSSR count). The van der Waals surface area contributed by atoms with Crippen LogP contribution in [-0.4, -0.2) is 40.6 Å². The van der Waals surface area contributed by atoms with E-state index < -0.39 is 0 Å². The molecule has 0 aromatic carbocycles. The molecule has 1 saturated carbocycles. The van der Waals surface area contributed by atoms with E-state index in [1.165, 1.54) is 50.8 Å². The van der Waals surface area contributed by atoms with Crippen LogP contribution >= 0.6 is 11.8 Å². The van der Waals surface area contributed by atoms with Crippen LogP contribution in [0.4, 0.5) is 0 Å². The molecular formula is C14H28N2S. The van der Waals surface area contributed by atoms with E-state index in [-0.39, 0.29) is 5.54 Å². The third-order valence-corrected chi connectivity index (χ3v) is 6.37. The van der Waals surface area contributed by atoms with E-state index in [1.54, 1.807) is 0 Å². The summed E-state index contributed by atoms with van der Waals surface area (Å²) in [6, 6.07) is 0.810. The van der Waals surface area contributed by atoms with E-state index >= 15 is 0 Å². The Morgan fingerprint density at radius 1 is 1.29 bits per heavy atom. The molecule has 2 atom stereocenters. The van der Waals surface area contributed by atoms with Gasteiger partial charge in [-0.05, 0) is 38.0 Å². The van der Waals surface area contributed by atoms with Crippen LogP contribution in [0, 0.1) is 0 Å². The molecule has 0 amide bonds. The van der Waals surface area contributed by atoms with Crippen LogP contribution in [0.2, 0.25) is 0 Å². The number of nitrogens with two attached hydrogens (primary N) is 1. The zero-order chi connectivity index (χ0) is 12.3. The van der Waals surface area contributed by atoms with Crippen molar-refractivity contribution >= 4 is 11.8 Å². The lowest BCUT2D eigenvalue weighted by atomic mass is 9.85. The van der Waals surface area contributed by atoms with Gasteiger partial charge in [-0.2, -0.15) is 11.8 Å². The SMILES string of the molecule is CCN(C1CCCC1)C1(CN)CCCSC1C. The Morgan fingerprint density at radius 2 is 2.00 bits per heavy atom. The van der Waals surface area contributed by atoms with Gasteiger partial charge in [-0.1, -0.05) is 26.7 Å². The van der Waals surface area contributed by atoms with Gasteiger partial charge in [0.2, 0.25) is 0 Å². The van der Waals surface area contributed by atoms with Gasteiger partial charge in [-0.3, -0.25) is 4.90 Å². The fourth-order valence-electron chi connectivity index (χ4n) is 3.91. The Morgan fingerprint density at radius 3 is 2.53 bits per heavy atom. The van der Waals surface area contributed by atoms with Crippen molar-refractivity contribution in [3.63, 3.8) is 0 Å². The molecule has 2 aliphatic rings. The summed E-state index contributed by atoms with van der Waals surface area (Å²) in [6.45, 7) is 6.73. The maximum atomic E-state index is 6.22. The van der Waals surface area contributed by atoms with E-state index in [1.807, 2.05) is 0 Å². The minimum absolute atomic E-state index is 0.284. The second-order valence-corrected chi connectivity index (χ2v) is 7.10. The van der Waals surface area contributed by atoms with Crippen LogP contribution in [0.5, 0.6) is 0 Å². The Labute approximate surface area is 111 Å². The second-order valence-electron chi connectivity index (χ2n) is 5.65. The molecular weight excluding hydrogens is 228 g/mol. The van der Waals surface area contributed by atoms with Crippen LogP contribution in [0.25, 0.3) is 0 Å². The number of rotatable bonds is 4. The van der Waals surface area contributed by atoms with Crippen LogP contribution in [0.15, 0.2) is 0 Å². The summed E-state index contributed by atoms with van der Waals surface area (Å²) in [7, 11) is 0. The number of hydrogen-bond acceptors (Lipinski definition) is 3. The maximum Gasteiger partial charge on any atom is 0.0450 e. The minimum Gasteiger partial charge on any atom is -0.329 e. The van der Waals surface area contributed by atoms with Crippen molar-refractivity contribution in [1.82, 2.24) is 4.90 Å². The molecule has 100 valence electrons. The molecule has 1 aliphatic carbocycles.